The number of benzene rings is 1. The first-order valence-electron chi connectivity index (χ1n) is 10.6. The summed E-state index contributed by atoms with van der Waals surface area (Å²) in [6.45, 7) is 0.331. The van der Waals surface area contributed by atoms with Gasteiger partial charge in [0.25, 0.3) is 0 Å². The van der Waals surface area contributed by atoms with E-state index in [1.54, 1.807) is 6.07 Å². The third-order valence-corrected chi connectivity index (χ3v) is 7.73. The van der Waals surface area contributed by atoms with Crippen molar-refractivity contribution in [2.24, 2.45) is 5.92 Å². The first kappa shape index (κ1) is 23.5. The molecule has 0 aliphatic heterocycles. The number of methoxy groups -OCH3 is 1. The number of aryl methyl sites for hydroxylation is 1. The highest BCUT2D eigenvalue weighted by molar-refractivity contribution is 7.99. The summed E-state index contributed by atoms with van der Waals surface area (Å²) in [5, 5.41) is 4.43. The fourth-order valence-corrected chi connectivity index (χ4v) is 5.71. The normalized spacial score (nSPS) is 15.9. The number of carbonyl (C=O) groups is 1. The van der Waals surface area contributed by atoms with E-state index in [1.165, 1.54) is 43.6 Å². The predicted molar refractivity (Wildman–Crippen MR) is 124 cm³/mol. The minimum atomic E-state index is -3.04. The number of nitrogens with one attached hydrogen (secondary N) is 2. The summed E-state index contributed by atoms with van der Waals surface area (Å²) in [4.78, 5) is 25.6. The van der Waals surface area contributed by atoms with E-state index in [0.717, 1.165) is 21.5 Å². The smallest absolute Gasteiger partial charge is 0.223 e. The first-order valence-corrected chi connectivity index (χ1v) is 13.4. The van der Waals surface area contributed by atoms with E-state index in [9.17, 15) is 17.6 Å². The molecule has 1 aliphatic rings. The highest BCUT2D eigenvalue weighted by Crippen LogP contribution is 2.40. The second-order valence-electron chi connectivity index (χ2n) is 8.10. The Bertz CT molecular complexity index is 1290. The zero-order chi connectivity index (χ0) is 23.6. The van der Waals surface area contributed by atoms with E-state index >= 15 is 0 Å². The minimum absolute atomic E-state index is 0.0509. The lowest BCUT2D eigenvalue weighted by Gasteiger charge is -2.22. The van der Waals surface area contributed by atoms with Crippen molar-refractivity contribution >= 4 is 38.5 Å². The monoisotopic (exact) mass is 492 g/mol. The van der Waals surface area contributed by atoms with Crippen LogP contribution in [0, 0.1) is 11.7 Å². The zero-order valence-electron chi connectivity index (χ0n) is 18.4. The number of ether oxygens (including phenoxy) is 1. The van der Waals surface area contributed by atoms with Crippen molar-refractivity contribution in [1.29, 1.82) is 0 Å². The van der Waals surface area contributed by atoms with Gasteiger partial charge >= 0.3 is 0 Å². The van der Waals surface area contributed by atoms with E-state index in [-0.39, 0.29) is 23.4 Å². The van der Waals surface area contributed by atoms with E-state index in [1.807, 2.05) is 0 Å². The van der Waals surface area contributed by atoms with E-state index in [4.69, 9.17) is 4.74 Å². The minimum Gasteiger partial charge on any atom is -0.495 e. The summed E-state index contributed by atoms with van der Waals surface area (Å²) >= 11 is 1.36. The van der Waals surface area contributed by atoms with Gasteiger partial charge in [-0.1, -0.05) is 11.8 Å². The quantitative estimate of drug-likeness (QED) is 0.367. The maximum absolute atomic E-state index is 13.6. The molecule has 2 heterocycles. The van der Waals surface area contributed by atoms with Gasteiger partial charge in [-0.15, -0.1) is 0 Å². The van der Waals surface area contributed by atoms with Crippen molar-refractivity contribution in [3.05, 3.63) is 41.6 Å². The molecule has 0 saturated carbocycles. The Labute approximate surface area is 195 Å². The van der Waals surface area contributed by atoms with Crippen molar-refractivity contribution in [1.82, 2.24) is 20.3 Å². The Balaban J connectivity index is 1.55. The fourth-order valence-electron chi connectivity index (χ4n) is 4.03. The number of aromatic amines is 1. The van der Waals surface area contributed by atoms with Crippen LogP contribution in [0.5, 0.6) is 5.75 Å². The molecule has 0 spiro atoms. The van der Waals surface area contributed by atoms with Gasteiger partial charge in [-0.3, -0.25) is 4.79 Å². The molecule has 2 N–H and O–H groups in total. The third kappa shape index (κ3) is 5.47. The number of hydrogen-bond donors (Lipinski definition) is 2. The van der Waals surface area contributed by atoms with Crippen LogP contribution in [0.2, 0.25) is 0 Å². The number of H-pyrrole nitrogens is 1. The summed E-state index contributed by atoms with van der Waals surface area (Å²) in [5.74, 6) is -0.200. The average Bonchev–Trinajstić information content (AvgIpc) is 3.15. The standard InChI is InChI=1S/C22H25FN4O4S2/c1-31-17-11-14(23)5-7-18(17)32-22-19-15-10-13(21(28)24-8-3-9-33(2,29)30)4-6-16(15)27-20(19)25-12-26-22/h5,7,11-13H,3-4,6,8-10H2,1-2H3,(H,24,28)(H,25,26,27)/t13-/m0/s1. The molecule has 4 rings (SSSR count). The third-order valence-electron chi connectivity index (χ3n) is 5.64. The van der Waals surface area contributed by atoms with Crippen molar-refractivity contribution in [2.45, 2.75) is 35.6 Å². The second-order valence-corrected chi connectivity index (χ2v) is 11.4. The van der Waals surface area contributed by atoms with Crippen LogP contribution in [-0.4, -0.2) is 54.9 Å². The maximum atomic E-state index is 13.6. The maximum Gasteiger partial charge on any atom is 0.223 e. The van der Waals surface area contributed by atoms with Gasteiger partial charge in [0.15, 0.2) is 0 Å². The molecule has 8 nitrogen and oxygen atoms in total. The number of sulfone groups is 1. The average molecular weight is 493 g/mol. The lowest BCUT2D eigenvalue weighted by atomic mass is 9.86. The number of rotatable bonds is 8. The Morgan fingerprint density at radius 2 is 2.18 bits per heavy atom. The summed E-state index contributed by atoms with van der Waals surface area (Å²) in [7, 11) is -1.55. The Kier molecular flexibility index (Phi) is 6.89. The summed E-state index contributed by atoms with van der Waals surface area (Å²) in [5.41, 5.74) is 2.75. The summed E-state index contributed by atoms with van der Waals surface area (Å²) < 4.78 is 41.5. The number of nitrogens with zero attached hydrogens (tertiary/aromatic N) is 2. The molecule has 1 amide bonds. The molecule has 11 heteroatoms. The second kappa shape index (κ2) is 9.68. The van der Waals surface area contributed by atoms with E-state index < -0.39 is 9.84 Å². The Hall–Kier alpha value is -2.66. The number of carbonyl (C=O) groups excluding carboxylic acids is 1. The Morgan fingerprint density at radius 3 is 2.94 bits per heavy atom. The molecule has 33 heavy (non-hydrogen) atoms. The highest BCUT2D eigenvalue weighted by Gasteiger charge is 2.29. The number of amides is 1. The Morgan fingerprint density at radius 1 is 1.36 bits per heavy atom. The van der Waals surface area contributed by atoms with Crippen LogP contribution in [0.4, 0.5) is 4.39 Å². The molecule has 176 valence electrons. The summed E-state index contributed by atoms with van der Waals surface area (Å²) in [6.07, 6.45) is 5.00. The number of aromatic nitrogens is 3. The molecule has 0 saturated heterocycles. The lowest BCUT2D eigenvalue weighted by Crippen LogP contribution is -2.35. The molecular formula is C22H25FN4O4S2. The van der Waals surface area contributed by atoms with Crippen LogP contribution in [0.1, 0.15) is 24.1 Å². The molecule has 1 aromatic carbocycles. The predicted octanol–water partition coefficient (Wildman–Crippen LogP) is 2.91. The number of hydrogen-bond acceptors (Lipinski definition) is 7. The summed E-state index contributed by atoms with van der Waals surface area (Å²) in [6, 6.07) is 4.36. The molecule has 0 radical (unpaired) electrons. The molecule has 3 aromatic rings. The lowest BCUT2D eigenvalue weighted by molar-refractivity contribution is -0.125. The topological polar surface area (TPSA) is 114 Å². The molecule has 1 atom stereocenters. The van der Waals surface area contributed by atoms with Crippen molar-refractivity contribution in [2.75, 3.05) is 25.7 Å². The van der Waals surface area contributed by atoms with Crippen LogP contribution in [0.3, 0.4) is 0 Å². The van der Waals surface area contributed by atoms with Crippen LogP contribution in [-0.2, 0) is 27.5 Å². The van der Waals surface area contributed by atoms with Gasteiger partial charge in [-0.2, -0.15) is 0 Å². The van der Waals surface area contributed by atoms with Gasteiger partial charge < -0.3 is 15.0 Å². The van der Waals surface area contributed by atoms with Gasteiger partial charge in [0.2, 0.25) is 5.91 Å². The molecule has 2 aromatic heterocycles. The van der Waals surface area contributed by atoms with Gasteiger partial charge in [0.05, 0.1) is 23.1 Å². The van der Waals surface area contributed by atoms with Gasteiger partial charge in [0.1, 0.15) is 38.4 Å². The number of fused-ring (bicyclic) bond motifs is 3. The molecule has 0 fully saturated rings. The fraction of sp³-hybridized carbons (Fsp3) is 0.409. The van der Waals surface area contributed by atoms with Gasteiger partial charge in [-0.05, 0) is 43.4 Å². The van der Waals surface area contributed by atoms with Crippen LogP contribution >= 0.6 is 11.8 Å². The van der Waals surface area contributed by atoms with Crippen LogP contribution in [0.15, 0.2) is 34.4 Å². The van der Waals surface area contributed by atoms with Gasteiger partial charge in [-0.25, -0.2) is 22.8 Å². The van der Waals surface area contributed by atoms with E-state index in [0.29, 0.717) is 48.7 Å². The first-order chi connectivity index (χ1) is 15.7. The highest BCUT2D eigenvalue weighted by atomic mass is 32.2. The molecule has 0 bridgehead atoms. The van der Waals surface area contributed by atoms with Crippen molar-refractivity contribution in [3.8, 4) is 5.75 Å². The van der Waals surface area contributed by atoms with Crippen molar-refractivity contribution < 1.29 is 22.3 Å². The van der Waals surface area contributed by atoms with Crippen LogP contribution < -0.4 is 10.1 Å². The SMILES string of the molecule is COc1cc(F)ccc1Sc1ncnc2[nH]c3c(c12)C[C@@H](C(=O)NCCCS(C)(=O)=O)CC3. The molecular weight excluding hydrogens is 467 g/mol. The number of halogens is 1. The zero-order valence-corrected chi connectivity index (χ0v) is 20.0. The van der Waals surface area contributed by atoms with Crippen LogP contribution in [0.25, 0.3) is 11.0 Å². The van der Waals surface area contributed by atoms with Crippen molar-refractivity contribution in [3.63, 3.8) is 0 Å². The molecule has 1 aliphatic carbocycles. The molecule has 0 unspecified atom stereocenters. The largest absolute Gasteiger partial charge is 0.495 e. The van der Waals surface area contributed by atoms with Gasteiger partial charge in [0, 0.05) is 30.5 Å². The van der Waals surface area contributed by atoms with E-state index in [2.05, 4.69) is 20.3 Å².